The molecule has 0 aliphatic heterocycles. The van der Waals surface area contributed by atoms with E-state index < -0.39 is 0 Å². The Kier molecular flexibility index (Phi) is 5.10. The van der Waals surface area contributed by atoms with Crippen molar-refractivity contribution in [2.45, 2.75) is 13.8 Å². The molecule has 9 aromatic rings. The molecule has 202 valence electrons. The first-order valence-corrected chi connectivity index (χ1v) is 15.0. The molecule has 0 amide bonds. The van der Waals surface area contributed by atoms with Gasteiger partial charge in [0.1, 0.15) is 0 Å². The van der Waals surface area contributed by atoms with Gasteiger partial charge >= 0.3 is 0 Å². The molecular formula is C42H29N. The monoisotopic (exact) mass is 547 g/mol. The second-order valence-corrected chi connectivity index (χ2v) is 11.9. The van der Waals surface area contributed by atoms with E-state index in [1.54, 1.807) is 0 Å². The van der Waals surface area contributed by atoms with Crippen LogP contribution in [0.15, 0.2) is 140 Å². The maximum atomic E-state index is 2.42. The van der Waals surface area contributed by atoms with Crippen molar-refractivity contribution in [2.24, 2.45) is 0 Å². The molecule has 0 unspecified atom stereocenters. The first-order chi connectivity index (χ1) is 21.2. The van der Waals surface area contributed by atoms with E-state index in [-0.39, 0.29) is 0 Å². The van der Waals surface area contributed by atoms with Crippen LogP contribution in [0.1, 0.15) is 11.1 Å². The van der Waals surface area contributed by atoms with E-state index in [2.05, 4.69) is 158 Å². The second kappa shape index (κ2) is 9.05. The van der Waals surface area contributed by atoms with Crippen LogP contribution in [0.3, 0.4) is 0 Å². The summed E-state index contributed by atoms with van der Waals surface area (Å²) in [6.07, 6.45) is 0. The van der Waals surface area contributed by atoms with Gasteiger partial charge in [-0.2, -0.15) is 0 Å². The van der Waals surface area contributed by atoms with Crippen LogP contribution in [-0.4, -0.2) is 4.57 Å². The molecule has 0 radical (unpaired) electrons. The minimum atomic E-state index is 1.22. The fourth-order valence-electron chi connectivity index (χ4n) is 7.29. The van der Waals surface area contributed by atoms with Crippen molar-refractivity contribution in [1.29, 1.82) is 0 Å². The Morgan fingerprint density at radius 3 is 1.51 bits per heavy atom. The molecule has 0 bridgehead atoms. The Bertz CT molecular complexity index is 2460. The SMILES string of the molecule is Cc1ccc(-c2ccc3ccc4c(-c5ccc(-n6c7ccccc7c7ccccc76)c(C)c5)ccc5ccc2c3c54)cc1. The molecule has 1 heteroatoms. The maximum absolute atomic E-state index is 2.42. The standard InChI is InChI=1S/C42H29N/c1-26-11-13-28(14-12-26)32-20-15-29-18-23-37-33(21-16-30-17-22-36(32)41(29)42(30)37)31-19-24-38(27(2)25-31)43-39-9-5-3-7-34(39)35-8-4-6-10-40(35)43/h3-25H,1-2H3. The Labute approximate surface area is 250 Å². The maximum Gasteiger partial charge on any atom is 0.0541 e. The highest BCUT2D eigenvalue weighted by molar-refractivity contribution is 6.27. The normalized spacial score (nSPS) is 12.0. The van der Waals surface area contributed by atoms with Gasteiger partial charge in [-0.15, -0.1) is 0 Å². The second-order valence-electron chi connectivity index (χ2n) is 11.9. The van der Waals surface area contributed by atoms with Crippen molar-refractivity contribution in [3.63, 3.8) is 0 Å². The topological polar surface area (TPSA) is 4.93 Å². The number of para-hydroxylation sites is 2. The van der Waals surface area contributed by atoms with Crippen molar-refractivity contribution in [3.8, 4) is 27.9 Å². The van der Waals surface area contributed by atoms with Crippen LogP contribution in [-0.2, 0) is 0 Å². The molecule has 8 aromatic carbocycles. The average molecular weight is 548 g/mol. The van der Waals surface area contributed by atoms with Crippen LogP contribution >= 0.6 is 0 Å². The first-order valence-electron chi connectivity index (χ1n) is 15.0. The van der Waals surface area contributed by atoms with Gasteiger partial charge in [0.05, 0.1) is 11.0 Å². The van der Waals surface area contributed by atoms with E-state index in [1.165, 1.54) is 93.2 Å². The van der Waals surface area contributed by atoms with Crippen LogP contribution < -0.4 is 0 Å². The van der Waals surface area contributed by atoms with Crippen LogP contribution in [0.2, 0.25) is 0 Å². The quantitative estimate of drug-likeness (QED) is 0.194. The largest absolute Gasteiger partial charge is 0.309 e. The molecule has 0 fully saturated rings. The highest BCUT2D eigenvalue weighted by Gasteiger charge is 2.17. The molecule has 9 rings (SSSR count). The van der Waals surface area contributed by atoms with Crippen molar-refractivity contribution in [1.82, 2.24) is 4.57 Å². The summed E-state index contributed by atoms with van der Waals surface area (Å²) in [6.45, 7) is 4.39. The number of hydrogen-bond acceptors (Lipinski definition) is 0. The van der Waals surface area contributed by atoms with E-state index >= 15 is 0 Å². The van der Waals surface area contributed by atoms with Crippen molar-refractivity contribution >= 4 is 54.1 Å². The van der Waals surface area contributed by atoms with Gasteiger partial charge in [-0.3, -0.25) is 0 Å². The van der Waals surface area contributed by atoms with Gasteiger partial charge in [0.15, 0.2) is 0 Å². The third-order valence-electron chi connectivity index (χ3n) is 9.36. The Morgan fingerprint density at radius 1 is 0.419 bits per heavy atom. The zero-order valence-corrected chi connectivity index (χ0v) is 24.2. The lowest BCUT2D eigenvalue weighted by molar-refractivity contribution is 1.15. The molecule has 1 nitrogen and oxygen atoms in total. The van der Waals surface area contributed by atoms with Gasteiger partial charge in [-0.1, -0.05) is 121 Å². The molecular weight excluding hydrogens is 518 g/mol. The van der Waals surface area contributed by atoms with Crippen molar-refractivity contribution < 1.29 is 0 Å². The molecule has 0 atom stereocenters. The minimum Gasteiger partial charge on any atom is -0.309 e. The lowest BCUT2D eigenvalue weighted by atomic mass is 9.87. The van der Waals surface area contributed by atoms with E-state index in [1.807, 2.05) is 0 Å². The summed E-state index contributed by atoms with van der Waals surface area (Å²) in [4.78, 5) is 0. The Morgan fingerprint density at radius 2 is 0.930 bits per heavy atom. The third kappa shape index (κ3) is 3.52. The van der Waals surface area contributed by atoms with Crippen LogP contribution in [0, 0.1) is 13.8 Å². The third-order valence-corrected chi connectivity index (χ3v) is 9.36. The molecule has 0 spiro atoms. The lowest BCUT2D eigenvalue weighted by Gasteiger charge is -2.17. The minimum absolute atomic E-state index is 1.22. The van der Waals surface area contributed by atoms with Crippen LogP contribution in [0.4, 0.5) is 0 Å². The van der Waals surface area contributed by atoms with E-state index in [4.69, 9.17) is 0 Å². The fraction of sp³-hybridized carbons (Fsp3) is 0.0476. The number of fused-ring (bicyclic) bond motifs is 3. The predicted octanol–water partition coefficient (Wildman–Crippen LogP) is 11.6. The van der Waals surface area contributed by atoms with E-state index in [9.17, 15) is 0 Å². The molecule has 0 saturated heterocycles. The fourth-order valence-corrected chi connectivity index (χ4v) is 7.29. The molecule has 1 aromatic heterocycles. The zero-order chi connectivity index (χ0) is 28.7. The van der Waals surface area contributed by atoms with Gasteiger partial charge < -0.3 is 4.57 Å². The summed E-state index contributed by atoms with van der Waals surface area (Å²) >= 11 is 0. The average Bonchev–Trinajstić information content (AvgIpc) is 3.38. The van der Waals surface area contributed by atoms with E-state index in [0.29, 0.717) is 0 Å². The number of aromatic nitrogens is 1. The van der Waals surface area contributed by atoms with E-state index in [0.717, 1.165) is 0 Å². The molecule has 1 heterocycles. The number of benzene rings is 8. The molecule has 0 aliphatic carbocycles. The number of aryl methyl sites for hydroxylation is 2. The van der Waals surface area contributed by atoms with Gasteiger partial charge in [0, 0.05) is 16.5 Å². The van der Waals surface area contributed by atoms with Gasteiger partial charge in [0.25, 0.3) is 0 Å². The summed E-state index contributed by atoms with van der Waals surface area (Å²) in [5.74, 6) is 0. The highest BCUT2D eigenvalue weighted by atomic mass is 15.0. The molecule has 0 aliphatic rings. The molecule has 43 heavy (non-hydrogen) atoms. The Balaban J connectivity index is 1.25. The number of nitrogens with zero attached hydrogens (tertiary/aromatic N) is 1. The van der Waals surface area contributed by atoms with Gasteiger partial charge in [-0.05, 0) is 98.2 Å². The zero-order valence-electron chi connectivity index (χ0n) is 24.2. The van der Waals surface area contributed by atoms with Crippen LogP contribution in [0.25, 0.3) is 82.1 Å². The summed E-state index contributed by atoms with van der Waals surface area (Å²) in [5, 5.41) is 10.5. The smallest absolute Gasteiger partial charge is 0.0541 e. The Hall–Kier alpha value is -5.40. The highest BCUT2D eigenvalue weighted by Crippen LogP contribution is 2.43. The van der Waals surface area contributed by atoms with Gasteiger partial charge in [0.2, 0.25) is 0 Å². The first kappa shape index (κ1) is 24.2. The predicted molar refractivity (Wildman–Crippen MR) is 185 cm³/mol. The van der Waals surface area contributed by atoms with Gasteiger partial charge in [-0.25, -0.2) is 0 Å². The van der Waals surface area contributed by atoms with Crippen molar-refractivity contribution in [3.05, 3.63) is 151 Å². The van der Waals surface area contributed by atoms with Crippen LogP contribution in [0.5, 0.6) is 0 Å². The number of rotatable bonds is 3. The number of hydrogen-bond donors (Lipinski definition) is 0. The summed E-state index contributed by atoms with van der Waals surface area (Å²) in [5.41, 5.74) is 11.3. The van der Waals surface area contributed by atoms with Crippen molar-refractivity contribution in [2.75, 3.05) is 0 Å². The lowest BCUT2D eigenvalue weighted by Crippen LogP contribution is -1.97. The molecule has 0 N–H and O–H groups in total. The summed E-state index contributed by atoms with van der Waals surface area (Å²) in [7, 11) is 0. The molecule has 0 saturated carbocycles. The summed E-state index contributed by atoms with van der Waals surface area (Å²) < 4.78 is 2.42. The summed E-state index contributed by atoms with van der Waals surface area (Å²) in [6, 6.07) is 51.7.